The maximum absolute atomic E-state index is 9.59. The van der Waals surface area contributed by atoms with Crippen molar-refractivity contribution >= 4 is 23.0 Å². The Hall–Kier alpha value is -0.970. The molecule has 1 fully saturated rings. The number of alkyl halides is 1. The first kappa shape index (κ1) is 13.5. The molecule has 1 aliphatic heterocycles. The highest BCUT2D eigenvalue weighted by atomic mass is 35.5. The number of para-hydroxylation sites is 2. The molecule has 0 saturated carbocycles. The number of hydrogen-bond acceptors (Lipinski definition) is 4. The van der Waals surface area contributed by atoms with Crippen LogP contribution in [0.1, 0.15) is 6.42 Å². The molecule has 0 bridgehead atoms. The van der Waals surface area contributed by atoms with Gasteiger partial charge in [0.1, 0.15) is 0 Å². The Balaban J connectivity index is 2.05. The average molecular weight is 271 g/mol. The van der Waals surface area contributed by atoms with Gasteiger partial charge >= 0.3 is 0 Å². The van der Waals surface area contributed by atoms with Gasteiger partial charge in [-0.1, -0.05) is 12.1 Å². The molecule has 5 heteroatoms. The van der Waals surface area contributed by atoms with Crippen LogP contribution in [0, 0.1) is 0 Å². The lowest BCUT2D eigenvalue weighted by molar-refractivity contribution is 0.198. The van der Waals surface area contributed by atoms with E-state index in [-0.39, 0.29) is 12.0 Å². The molecule has 0 aliphatic carbocycles. The van der Waals surface area contributed by atoms with Crippen LogP contribution in [0.5, 0.6) is 0 Å². The highest BCUT2D eigenvalue weighted by molar-refractivity contribution is 6.18. The predicted molar refractivity (Wildman–Crippen MR) is 74.5 cm³/mol. The molecule has 18 heavy (non-hydrogen) atoms. The summed E-state index contributed by atoms with van der Waals surface area (Å²) in [6.07, 6.45) is 0.00826. The van der Waals surface area contributed by atoms with Crippen LogP contribution in [0.3, 0.4) is 0 Å². The molecule has 0 spiro atoms. The number of halogens is 1. The first-order chi connectivity index (χ1) is 8.70. The molecule has 1 saturated heterocycles. The second-order valence-corrected chi connectivity index (χ2v) is 4.90. The van der Waals surface area contributed by atoms with Crippen LogP contribution in [-0.2, 0) is 0 Å². The summed E-state index contributed by atoms with van der Waals surface area (Å²) >= 11 is 5.57. The molecule has 4 nitrogen and oxygen atoms in total. The highest BCUT2D eigenvalue weighted by Crippen LogP contribution is 2.28. The summed E-state index contributed by atoms with van der Waals surface area (Å²) in [5, 5.41) is 22.3. The first-order valence-electron chi connectivity index (χ1n) is 6.20. The Bertz CT molecular complexity index is 389. The monoisotopic (exact) mass is 270 g/mol. The van der Waals surface area contributed by atoms with Crippen LogP contribution >= 0.6 is 11.6 Å². The number of β-amino-alcohol motifs (C(OH)–C–C–N with tert-alkyl or cyclic N) is 1. The van der Waals surface area contributed by atoms with Gasteiger partial charge in [0.2, 0.25) is 0 Å². The van der Waals surface area contributed by atoms with Gasteiger partial charge in [-0.2, -0.15) is 0 Å². The SMILES string of the molecule is OC(CCl)CNc1ccccc1N1CCC(O)C1. The molecule has 0 amide bonds. The summed E-state index contributed by atoms with van der Waals surface area (Å²) in [5.74, 6) is 0.220. The summed E-state index contributed by atoms with van der Waals surface area (Å²) < 4.78 is 0. The van der Waals surface area contributed by atoms with Gasteiger partial charge < -0.3 is 20.4 Å². The molecule has 1 aromatic carbocycles. The zero-order chi connectivity index (χ0) is 13.0. The molecule has 2 unspecified atom stereocenters. The molecule has 2 atom stereocenters. The Morgan fingerprint density at radius 3 is 2.89 bits per heavy atom. The molecule has 0 radical (unpaired) electrons. The van der Waals surface area contributed by atoms with Gasteiger partial charge in [0.05, 0.1) is 29.5 Å². The maximum Gasteiger partial charge on any atom is 0.0847 e. The van der Waals surface area contributed by atoms with E-state index in [1.165, 1.54) is 0 Å². The second kappa shape index (κ2) is 6.27. The molecule has 100 valence electrons. The topological polar surface area (TPSA) is 55.7 Å². The van der Waals surface area contributed by atoms with Crippen molar-refractivity contribution in [3.05, 3.63) is 24.3 Å². The Kier molecular flexibility index (Phi) is 4.69. The van der Waals surface area contributed by atoms with Crippen molar-refractivity contribution < 1.29 is 10.2 Å². The Morgan fingerprint density at radius 2 is 2.22 bits per heavy atom. The van der Waals surface area contributed by atoms with E-state index in [1.54, 1.807) is 0 Å². The molecule has 3 N–H and O–H groups in total. The number of nitrogens with one attached hydrogen (secondary N) is 1. The van der Waals surface area contributed by atoms with Crippen molar-refractivity contribution in [1.82, 2.24) is 0 Å². The Morgan fingerprint density at radius 1 is 1.44 bits per heavy atom. The van der Waals surface area contributed by atoms with E-state index < -0.39 is 6.10 Å². The van der Waals surface area contributed by atoms with Crippen molar-refractivity contribution in [3.8, 4) is 0 Å². The summed E-state index contributed by atoms with van der Waals surface area (Å²) in [6, 6.07) is 7.92. The number of anilines is 2. The van der Waals surface area contributed by atoms with Gasteiger partial charge in [-0.05, 0) is 18.6 Å². The maximum atomic E-state index is 9.59. The number of rotatable bonds is 5. The quantitative estimate of drug-likeness (QED) is 0.706. The molecular weight excluding hydrogens is 252 g/mol. The van der Waals surface area contributed by atoms with Crippen LogP contribution in [0.4, 0.5) is 11.4 Å². The van der Waals surface area contributed by atoms with Crippen LogP contribution in [0.2, 0.25) is 0 Å². The largest absolute Gasteiger partial charge is 0.391 e. The molecule has 1 heterocycles. The zero-order valence-electron chi connectivity index (χ0n) is 10.2. The van der Waals surface area contributed by atoms with Crippen LogP contribution in [-0.4, -0.2) is 47.9 Å². The van der Waals surface area contributed by atoms with E-state index in [9.17, 15) is 10.2 Å². The highest BCUT2D eigenvalue weighted by Gasteiger charge is 2.22. The van der Waals surface area contributed by atoms with E-state index in [1.807, 2.05) is 24.3 Å². The number of hydrogen-bond donors (Lipinski definition) is 3. The van der Waals surface area contributed by atoms with Gasteiger partial charge in [0.25, 0.3) is 0 Å². The van der Waals surface area contributed by atoms with Crippen LogP contribution < -0.4 is 10.2 Å². The minimum Gasteiger partial charge on any atom is -0.391 e. The van der Waals surface area contributed by atoms with Crippen LogP contribution in [0.25, 0.3) is 0 Å². The fourth-order valence-corrected chi connectivity index (χ4v) is 2.25. The fraction of sp³-hybridized carbons (Fsp3) is 0.538. The van der Waals surface area contributed by atoms with Gasteiger partial charge in [0, 0.05) is 19.6 Å². The lowest BCUT2D eigenvalue weighted by Crippen LogP contribution is -2.25. The van der Waals surface area contributed by atoms with Crippen molar-refractivity contribution in [2.45, 2.75) is 18.6 Å². The molecular formula is C13H19ClN2O2. The molecule has 1 aromatic rings. The van der Waals surface area contributed by atoms with Crippen molar-refractivity contribution in [3.63, 3.8) is 0 Å². The first-order valence-corrected chi connectivity index (χ1v) is 6.74. The minimum atomic E-state index is -0.552. The molecule has 1 aliphatic rings. The number of benzene rings is 1. The standard InChI is InChI=1S/C13H19ClN2O2/c14-7-11(18)8-15-12-3-1-2-4-13(12)16-6-5-10(17)9-16/h1-4,10-11,15,17-18H,5-9H2. The third-order valence-electron chi connectivity index (χ3n) is 3.11. The van der Waals surface area contributed by atoms with E-state index >= 15 is 0 Å². The van der Waals surface area contributed by atoms with Gasteiger partial charge in [-0.3, -0.25) is 0 Å². The van der Waals surface area contributed by atoms with Crippen molar-refractivity contribution in [2.24, 2.45) is 0 Å². The molecule has 2 rings (SSSR count). The van der Waals surface area contributed by atoms with Gasteiger partial charge in [-0.15, -0.1) is 11.6 Å². The van der Waals surface area contributed by atoms with E-state index in [0.29, 0.717) is 13.1 Å². The minimum absolute atomic E-state index is 0.220. The van der Waals surface area contributed by atoms with Gasteiger partial charge in [0.15, 0.2) is 0 Å². The summed E-state index contributed by atoms with van der Waals surface area (Å²) in [4.78, 5) is 2.15. The van der Waals surface area contributed by atoms with Gasteiger partial charge in [-0.25, -0.2) is 0 Å². The Labute approximate surface area is 112 Å². The summed E-state index contributed by atoms with van der Waals surface area (Å²) in [6.45, 7) is 1.95. The lowest BCUT2D eigenvalue weighted by atomic mass is 10.2. The third-order valence-corrected chi connectivity index (χ3v) is 3.47. The normalized spacial score (nSPS) is 21.1. The lowest BCUT2D eigenvalue weighted by Gasteiger charge is -2.22. The van der Waals surface area contributed by atoms with Crippen LogP contribution in [0.15, 0.2) is 24.3 Å². The van der Waals surface area contributed by atoms with Crippen molar-refractivity contribution in [2.75, 3.05) is 35.7 Å². The smallest absolute Gasteiger partial charge is 0.0847 e. The van der Waals surface area contributed by atoms with E-state index in [0.717, 1.165) is 24.3 Å². The number of aliphatic hydroxyl groups excluding tert-OH is 2. The van der Waals surface area contributed by atoms with E-state index in [4.69, 9.17) is 11.6 Å². The van der Waals surface area contributed by atoms with E-state index in [2.05, 4.69) is 10.2 Å². The summed E-state index contributed by atoms with van der Waals surface area (Å²) in [5.41, 5.74) is 2.03. The number of aliphatic hydroxyl groups is 2. The number of nitrogens with zero attached hydrogens (tertiary/aromatic N) is 1. The fourth-order valence-electron chi connectivity index (χ4n) is 2.14. The third kappa shape index (κ3) is 3.28. The summed E-state index contributed by atoms with van der Waals surface area (Å²) in [7, 11) is 0. The predicted octanol–water partition coefficient (Wildman–Crippen LogP) is 1.27. The average Bonchev–Trinajstić information content (AvgIpc) is 2.83. The van der Waals surface area contributed by atoms with Crippen molar-refractivity contribution in [1.29, 1.82) is 0 Å². The zero-order valence-corrected chi connectivity index (χ0v) is 11.0. The second-order valence-electron chi connectivity index (χ2n) is 4.59. The molecule has 0 aromatic heterocycles.